The first kappa shape index (κ1) is 15.4. The van der Waals surface area contributed by atoms with Crippen LogP contribution in [0.2, 0.25) is 0 Å². The van der Waals surface area contributed by atoms with Gasteiger partial charge in [-0.1, -0.05) is 55.4 Å². The molecule has 0 amide bonds. The first-order chi connectivity index (χ1) is 8.77. The SMILES string of the molecule is CC(C)C1C(C(C)C)C(C(C)C)[C@H]2O[C@@H]2C1C(C)C. The van der Waals surface area contributed by atoms with Gasteiger partial charge in [-0.2, -0.15) is 0 Å². The Bertz CT molecular complexity index is 275. The third-order valence-electron chi connectivity index (χ3n) is 5.73. The monoisotopic (exact) mass is 266 g/mol. The molecule has 1 heteroatoms. The molecule has 0 aromatic rings. The van der Waals surface area contributed by atoms with Crippen LogP contribution < -0.4 is 0 Å². The Morgan fingerprint density at radius 2 is 0.737 bits per heavy atom. The van der Waals surface area contributed by atoms with Crippen molar-refractivity contribution >= 4 is 0 Å². The van der Waals surface area contributed by atoms with E-state index in [1.165, 1.54) is 0 Å². The van der Waals surface area contributed by atoms with Gasteiger partial charge in [0, 0.05) is 0 Å². The summed E-state index contributed by atoms with van der Waals surface area (Å²) in [5.41, 5.74) is 0. The van der Waals surface area contributed by atoms with Gasteiger partial charge in [-0.15, -0.1) is 0 Å². The van der Waals surface area contributed by atoms with Crippen molar-refractivity contribution in [2.45, 2.75) is 67.6 Å². The molecule has 0 aromatic carbocycles. The normalized spacial score (nSPS) is 42.3. The molecule has 0 bridgehead atoms. The zero-order valence-electron chi connectivity index (χ0n) is 14.2. The Labute approximate surface area is 120 Å². The van der Waals surface area contributed by atoms with Crippen molar-refractivity contribution in [2.75, 3.05) is 0 Å². The summed E-state index contributed by atoms with van der Waals surface area (Å²) in [6.07, 6.45) is 1.13. The fourth-order valence-electron chi connectivity index (χ4n) is 5.13. The fraction of sp³-hybridized carbons (Fsp3) is 1.00. The molecule has 2 fully saturated rings. The molecule has 0 N–H and O–H groups in total. The highest BCUT2D eigenvalue weighted by Gasteiger charge is 2.61. The Balaban J connectivity index is 2.35. The topological polar surface area (TPSA) is 12.5 Å². The third-order valence-corrected chi connectivity index (χ3v) is 5.73. The van der Waals surface area contributed by atoms with E-state index in [9.17, 15) is 0 Å². The van der Waals surface area contributed by atoms with Crippen molar-refractivity contribution in [3.63, 3.8) is 0 Å². The van der Waals surface area contributed by atoms with Crippen molar-refractivity contribution < 1.29 is 4.74 Å². The van der Waals surface area contributed by atoms with Crippen molar-refractivity contribution in [3.8, 4) is 0 Å². The standard InChI is InChI=1S/C18H34O/c1-9(2)13-14(10(3)4)16(12(7)8)18-17(19-18)15(13)11(5)6/h9-18H,1-8H3/t13?,14?,15?,16?,17-,18-/m1/s1. The molecule has 2 rings (SSSR count). The van der Waals surface area contributed by atoms with Crippen molar-refractivity contribution in [1.82, 2.24) is 0 Å². The Morgan fingerprint density at radius 3 is 0.947 bits per heavy atom. The summed E-state index contributed by atoms with van der Waals surface area (Å²) in [5.74, 6) is 6.23. The smallest absolute Gasteiger partial charge is 0.0878 e. The number of ether oxygens (including phenoxy) is 1. The average molecular weight is 266 g/mol. The van der Waals surface area contributed by atoms with E-state index in [1.807, 2.05) is 0 Å². The summed E-state index contributed by atoms with van der Waals surface area (Å²) in [6, 6.07) is 0. The Hall–Kier alpha value is -0.0400. The minimum atomic E-state index is 0.565. The minimum Gasteiger partial charge on any atom is -0.369 e. The third kappa shape index (κ3) is 2.60. The van der Waals surface area contributed by atoms with Crippen LogP contribution in [0.15, 0.2) is 0 Å². The highest BCUT2D eigenvalue weighted by atomic mass is 16.6. The molecule has 0 aromatic heterocycles. The van der Waals surface area contributed by atoms with Crippen LogP contribution in [0, 0.1) is 47.3 Å². The molecule has 0 spiro atoms. The summed E-state index contributed by atoms with van der Waals surface area (Å²) < 4.78 is 6.19. The fourth-order valence-corrected chi connectivity index (χ4v) is 5.13. The van der Waals surface area contributed by atoms with Gasteiger partial charge in [-0.3, -0.25) is 0 Å². The molecule has 1 saturated heterocycles. The molecule has 2 aliphatic rings. The molecule has 1 aliphatic carbocycles. The zero-order valence-corrected chi connectivity index (χ0v) is 14.2. The number of fused-ring (bicyclic) bond motifs is 1. The zero-order chi connectivity index (χ0) is 14.5. The lowest BCUT2D eigenvalue weighted by molar-refractivity contribution is 0.00765. The van der Waals surface area contributed by atoms with Crippen molar-refractivity contribution in [2.24, 2.45) is 47.3 Å². The van der Waals surface area contributed by atoms with Gasteiger partial charge in [0.15, 0.2) is 0 Å². The first-order valence-electron chi connectivity index (χ1n) is 8.42. The van der Waals surface area contributed by atoms with Crippen molar-refractivity contribution in [1.29, 1.82) is 0 Å². The van der Waals surface area contributed by atoms with E-state index >= 15 is 0 Å². The van der Waals surface area contributed by atoms with Crippen LogP contribution in [-0.2, 0) is 4.74 Å². The maximum absolute atomic E-state index is 6.19. The number of rotatable bonds is 4. The van der Waals surface area contributed by atoms with Gasteiger partial charge in [0.2, 0.25) is 0 Å². The summed E-state index contributed by atoms with van der Waals surface area (Å²) in [6.45, 7) is 19.3. The molecule has 4 unspecified atom stereocenters. The minimum absolute atomic E-state index is 0.565. The van der Waals surface area contributed by atoms with Crippen LogP contribution >= 0.6 is 0 Å². The van der Waals surface area contributed by atoms with Crippen LogP contribution in [0.4, 0.5) is 0 Å². The Kier molecular flexibility index (Phi) is 4.35. The second-order valence-corrected chi connectivity index (χ2v) is 8.35. The second-order valence-electron chi connectivity index (χ2n) is 8.35. The number of hydrogen-bond acceptors (Lipinski definition) is 1. The van der Waals surface area contributed by atoms with Crippen LogP contribution in [0.1, 0.15) is 55.4 Å². The van der Waals surface area contributed by atoms with E-state index < -0.39 is 0 Å². The van der Waals surface area contributed by atoms with Crippen LogP contribution in [0.25, 0.3) is 0 Å². The predicted octanol–water partition coefficient (Wildman–Crippen LogP) is 4.86. The molecule has 6 atom stereocenters. The highest BCUT2D eigenvalue weighted by Crippen LogP contribution is 2.58. The molecule has 112 valence electrons. The lowest BCUT2D eigenvalue weighted by Gasteiger charge is -2.48. The first-order valence-corrected chi connectivity index (χ1v) is 8.42. The molecule has 1 saturated carbocycles. The quantitative estimate of drug-likeness (QED) is 0.662. The molecule has 0 radical (unpaired) electrons. The molecule has 19 heavy (non-hydrogen) atoms. The summed E-state index contributed by atoms with van der Waals surface area (Å²) in [4.78, 5) is 0. The lowest BCUT2D eigenvalue weighted by atomic mass is 9.55. The number of hydrogen-bond donors (Lipinski definition) is 0. The second kappa shape index (κ2) is 5.39. The van der Waals surface area contributed by atoms with Gasteiger partial charge in [0.05, 0.1) is 12.2 Å². The lowest BCUT2D eigenvalue weighted by Crippen LogP contribution is -2.48. The summed E-state index contributed by atoms with van der Waals surface area (Å²) >= 11 is 0. The van der Waals surface area contributed by atoms with E-state index in [2.05, 4.69) is 55.4 Å². The molecule has 1 heterocycles. The largest absolute Gasteiger partial charge is 0.369 e. The maximum atomic E-state index is 6.19. The highest BCUT2D eigenvalue weighted by molar-refractivity contribution is 5.08. The van der Waals surface area contributed by atoms with Gasteiger partial charge >= 0.3 is 0 Å². The van der Waals surface area contributed by atoms with E-state index in [-0.39, 0.29) is 0 Å². The van der Waals surface area contributed by atoms with Gasteiger partial charge in [0.1, 0.15) is 0 Å². The average Bonchev–Trinajstić information content (AvgIpc) is 3.03. The summed E-state index contributed by atoms with van der Waals surface area (Å²) in [5, 5.41) is 0. The van der Waals surface area contributed by atoms with Crippen LogP contribution in [0.3, 0.4) is 0 Å². The van der Waals surface area contributed by atoms with Crippen LogP contribution in [-0.4, -0.2) is 12.2 Å². The van der Waals surface area contributed by atoms with Gasteiger partial charge in [-0.05, 0) is 47.3 Å². The van der Waals surface area contributed by atoms with Gasteiger partial charge in [0.25, 0.3) is 0 Å². The maximum Gasteiger partial charge on any atom is 0.0878 e. The van der Waals surface area contributed by atoms with Gasteiger partial charge < -0.3 is 4.74 Å². The van der Waals surface area contributed by atoms with Crippen LogP contribution in [0.5, 0.6) is 0 Å². The van der Waals surface area contributed by atoms with E-state index in [0.717, 1.165) is 47.3 Å². The van der Waals surface area contributed by atoms with Crippen molar-refractivity contribution in [3.05, 3.63) is 0 Å². The molecular formula is C18H34O. The number of epoxide rings is 1. The molecule has 1 nitrogen and oxygen atoms in total. The van der Waals surface area contributed by atoms with E-state index in [4.69, 9.17) is 4.74 Å². The Morgan fingerprint density at radius 1 is 0.474 bits per heavy atom. The summed E-state index contributed by atoms with van der Waals surface area (Å²) in [7, 11) is 0. The van der Waals surface area contributed by atoms with E-state index in [0.29, 0.717) is 12.2 Å². The van der Waals surface area contributed by atoms with E-state index in [1.54, 1.807) is 0 Å². The predicted molar refractivity (Wildman–Crippen MR) is 82.0 cm³/mol. The van der Waals surface area contributed by atoms with Gasteiger partial charge in [-0.25, -0.2) is 0 Å². The molecular weight excluding hydrogens is 232 g/mol. The molecule has 1 aliphatic heterocycles.